The quantitative estimate of drug-likeness (QED) is 0.125. The number of carbonyl (C=O) groups is 1. The smallest absolute Gasteiger partial charge is 0.330 e. The van der Waals surface area contributed by atoms with Crippen molar-refractivity contribution in [3.63, 3.8) is 0 Å². The van der Waals surface area contributed by atoms with Gasteiger partial charge in [-0.05, 0) is 127 Å². The largest absolute Gasteiger partial charge is 0.344 e. The standard InChI is InChI=1S/C17H19N.C17H13N.C15H12O.C6H12NO3P.CH4/c2*18-12-11-17-15-7-3-1-5-13(15)9-10-14-6-2-4-8-16(14)17;16-15-13-7-3-1-5-11(13)9-10-12-6-2-4-8-14(12)15;1-3-9-11(8,6-5-7)10-4-2;/h1-8,17H,9-12,18H2;1-8,11H,9-10H2;1-8H,9-10H2;3-4,6H2,1-2H3;1H4. The Kier molecular flexibility index (Phi) is 18.8. The van der Waals surface area contributed by atoms with Gasteiger partial charge < -0.3 is 14.8 Å². The fourth-order valence-corrected chi connectivity index (χ4v) is 9.91. The maximum atomic E-state index is 12.3. The first kappa shape index (κ1) is 48.8. The molecule has 7 nitrogen and oxygen atoms in total. The van der Waals surface area contributed by atoms with Crippen molar-refractivity contribution in [1.29, 1.82) is 10.5 Å². The van der Waals surface area contributed by atoms with Gasteiger partial charge in [0.05, 0.1) is 25.4 Å². The molecule has 0 aliphatic heterocycles. The van der Waals surface area contributed by atoms with Gasteiger partial charge in [-0.15, -0.1) is 0 Å². The van der Waals surface area contributed by atoms with Gasteiger partial charge in [0.2, 0.25) is 0 Å². The zero-order valence-corrected chi connectivity index (χ0v) is 37.2. The normalized spacial score (nSPS) is 13.1. The molecule has 0 saturated carbocycles. The number of rotatable bonds is 7. The lowest BCUT2D eigenvalue weighted by Gasteiger charge is -2.19. The van der Waals surface area contributed by atoms with Gasteiger partial charge in [-0.25, -0.2) is 0 Å². The first-order valence-electron chi connectivity index (χ1n) is 21.9. The molecule has 64 heavy (non-hydrogen) atoms. The summed E-state index contributed by atoms with van der Waals surface area (Å²) in [4.78, 5) is 12.3. The maximum Gasteiger partial charge on any atom is 0.344 e. The summed E-state index contributed by atoms with van der Waals surface area (Å²) in [7, 11) is -3.08. The van der Waals surface area contributed by atoms with Crippen LogP contribution in [-0.2, 0) is 52.1 Å². The topological polar surface area (TPSA) is 126 Å². The highest BCUT2D eigenvalue weighted by Crippen LogP contribution is 2.47. The van der Waals surface area contributed by atoms with Crippen LogP contribution in [0.5, 0.6) is 0 Å². The van der Waals surface area contributed by atoms with E-state index in [-0.39, 0.29) is 19.4 Å². The molecule has 8 heteroatoms. The predicted octanol–water partition coefficient (Wildman–Crippen LogP) is 12.4. The van der Waals surface area contributed by atoms with Crippen molar-refractivity contribution >= 4 is 19.0 Å². The van der Waals surface area contributed by atoms with Crippen molar-refractivity contribution < 1.29 is 18.4 Å². The average molecular weight is 870 g/mol. The molecule has 0 heterocycles. The van der Waals surface area contributed by atoms with Crippen molar-refractivity contribution in [2.24, 2.45) is 5.73 Å². The molecule has 0 saturated heterocycles. The number of fused-ring (bicyclic) bond motifs is 6. The Hall–Kier alpha value is -6.18. The van der Waals surface area contributed by atoms with E-state index in [1.807, 2.05) is 48.5 Å². The molecule has 3 aliphatic rings. The molecule has 0 bridgehead atoms. The second-order valence-electron chi connectivity index (χ2n) is 15.4. The van der Waals surface area contributed by atoms with Gasteiger partial charge in [-0.1, -0.05) is 153 Å². The Labute approximate surface area is 380 Å². The van der Waals surface area contributed by atoms with Crippen LogP contribution in [0.2, 0.25) is 0 Å². The van der Waals surface area contributed by atoms with E-state index in [0.29, 0.717) is 19.1 Å². The Morgan fingerprint density at radius 3 is 1.30 bits per heavy atom. The third kappa shape index (κ3) is 12.3. The van der Waals surface area contributed by atoms with Gasteiger partial charge in [0.25, 0.3) is 0 Å². The average Bonchev–Trinajstić information content (AvgIpc) is 3.65. The SMILES string of the molecule is C.CCOP(=O)(CC#N)OCC.N#CC=C1c2ccccc2CCc2ccccc21.NCCC1c2ccccc2CCc2ccccc21.O=C1c2ccccc2CCc2ccccc21. The first-order valence-corrected chi connectivity index (χ1v) is 23.6. The number of ketones is 1. The number of benzene rings is 6. The van der Waals surface area contributed by atoms with E-state index in [1.54, 1.807) is 26.0 Å². The maximum absolute atomic E-state index is 12.3. The molecular weight excluding hydrogens is 810 g/mol. The minimum Gasteiger partial charge on any atom is -0.330 e. The van der Waals surface area contributed by atoms with Gasteiger partial charge in [0, 0.05) is 23.1 Å². The van der Waals surface area contributed by atoms with Gasteiger partial charge >= 0.3 is 7.60 Å². The zero-order chi connectivity index (χ0) is 44.4. The molecule has 2 N–H and O–H groups in total. The van der Waals surface area contributed by atoms with Crippen LogP contribution in [0.3, 0.4) is 0 Å². The minimum atomic E-state index is -3.08. The summed E-state index contributed by atoms with van der Waals surface area (Å²) in [6.45, 7) is 4.78. The summed E-state index contributed by atoms with van der Waals surface area (Å²) in [5.41, 5.74) is 22.0. The Bertz CT molecular complexity index is 2500. The van der Waals surface area contributed by atoms with Gasteiger partial charge in [0.15, 0.2) is 5.78 Å². The summed E-state index contributed by atoms with van der Waals surface area (Å²) < 4.78 is 21.0. The number of hydrogen-bond acceptors (Lipinski definition) is 7. The number of nitriles is 2. The Morgan fingerprint density at radius 2 is 0.922 bits per heavy atom. The van der Waals surface area contributed by atoms with E-state index in [4.69, 9.17) is 25.3 Å². The number of nitrogens with two attached hydrogens (primary N) is 1. The lowest BCUT2D eigenvalue weighted by molar-refractivity contribution is 0.103. The lowest BCUT2D eigenvalue weighted by Crippen LogP contribution is -2.10. The fourth-order valence-electron chi connectivity index (χ4n) is 8.70. The molecule has 0 amide bonds. The molecule has 6 aromatic rings. The molecule has 0 atom stereocenters. The van der Waals surface area contributed by atoms with Gasteiger partial charge in [-0.2, -0.15) is 10.5 Å². The van der Waals surface area contributed by atoms with Gasteiger partial charge in [-0.3, -0.25) is 9.36 Å². The van der Waals surface area contributed by atoms with Crippen LogP contribution in [0.1, 0.15) is 105 Å². The van der Waals surface area contributed by atoms with E-state index in [0.717, 1.165) is 68.2 Å². The Balaban J connectivity index is 0.000000162. The van der Waals surface area contributed by atoms with E-state index in [1.165, 1.54) is 55.6 Å². The van der Waals surface area contributed by atoms with E-state index >= 15 is 0 Å². The van der Waals surface area contributed by atoms with Crippen LogP contribution in [0.15, 0.2) is 152 Å². The van der Waals surface area contributed by atoms with Crippen molar-refractivity contribution in [1.82, 2.24) is 0 Å². The van der Waals surface area contributed by atoms with E-state index in [9.17, 15) is 9.36 Å². The fraction of sp³-hybridized carbons (Fsp3) is 0.268. The number of carbonyl (C=O) groups excluding carboxylic acids is 1. The van der Waals surface area contributed by atoms with E-state index in [2.05, 4.69) is 103 Å². The zero-order valence-electron chi connectivity index (χ0n) is 36.3. The molecule has 9 rings (SSSR count). The van der Waals surface area contributed by atoms with E-state index < -0.39 is 7.60 Å². The van der Waals surface area contributed by atoms with Crippen LogP contribution in [0.25, 0.3) is 5.57 Å². The van der Waals surface area contributed by atoms with Gasteiger partial charge in [0.1, 0.15) is 6.16 Å². The first-order chi connectivity index (χ1) is 30.8. The highest BCUT2D eigenvalue weighted by molar-refractivity contribution is 7.54. The molecule has 3 aliphatic carbocycles. The van der Waals surface area contributed by atoms with Crippen molar-refractivity contribution in [3.05, 3.63) is 218 Å². The minimum absolute atomic E-state index is 0. The number of hydrogen-bond donors (Lipinski definition) is 1. The van der Waals surface area contributed by atoms with Crippen LogP contribution < -0.4 is 5.73 Å². The van der Waals surface area contributed by atoms with Crippen molar-refractivity contribution in [3.8, 4) is 12.1 Å². The second-order valence-corrected chi connectivity index (χ2v) is 17.5. The van der Waals surface area contributed by atoms with Crippen molar-refractivity contribution in [2.45, 2.75) is 72.1 Å². The highest BCUT2D eigenvalue weighted by Gasteiger charge is 2.24. The molecule has 0 aromatic heterocycles. The molecule has 0 unspecified atom stereocenters. The molecule has 0 fully saturated rings. The molecule has 0 radical (unpaired) electrons. The van der Waals surface area contributed by atoms with Crippen LogP contribution in [-0.4, -0.2) is 31.7 Å². The second kappa shape index (κ2) is 24.6. The monoisotopic (exact) mass is 869 g/mol. The predicted molar refractivity (Wildman–Crippen MR) is 261 cm³/mol. The third-order valence-corrected chi connectivity index (χ3v) is 13.4. The molecule has 328 valence electrons. The number of aryl methyl sites for hydroxylation is 6. The lowest BCUT2D eigenvalue weighted by atomic mass is 9.86. The summed E-state index contributed by atoms with van der Waals surface area (Å²) in [5, 5.41) is 17.3. The molecular formula is C56H60N3O4P. The van der Waals surface area contributed by atoms with Crippen LogP contribution in [0, 0.1) is 22.7 Å². The number of nitrogens with zero attached hydrogens (tertiary/aromatic N) is 2. The highest BCUT2D eigenvalue weighted by atomic mass is 31.2. The van der Waals surface area contributed by atoms with Crippen molar-refractivity contribution in [2.75, 3.05) is 25.9 Å². The summed E-state index contributed by atoms with van der Waals surface area (Å²) >= 11 is 0. The summed E-state index contributed by atoms with van der Waals surface area (Å²) in [6, 6.07) is 54.2. The summed E-state index contributed by atoms with van der Waals surface area (Å²) in [5.74, 6) is 0.647. The third-order valence-electron chi connectivity index (χ3n) is 11.6. The molecule has 0 spiro atoms. The van der Waals surface area contributed by atoms with Crippen LogP contribution in [0.4, 0.5) is 0 Å². The van der Waals surface area contributed by atoms with Crippen LogP contribution >= 0.6 is 7.60 Å². The Morgan fingerprint density at radius 1 is 0.578 bits per heavy atom. The summed E-state index contributed by atoms with van der Waals surface area (Å²) in [6.07, 6.45) is 8.82. The number of allylic oxidation sites excluding steroid dienone is 1. The molecule has 6 aromatic carbocycles.